The molecule has 6 N–H and O–H groups in total. The smallest absolute Gasteiger partial charge is 0.276 e. The van der Waals surface area contributed by atoms with Gasteiger partial charge in [-0.15, -0.1) is 12.4 Å². The molecule has 20 heavy (non-hydrogen) atoms. The highest BCUT2D eigenvalue weighted by atomic mass is 35.5. The number of benzene rings is 1. The minimum absolute atomic E-state index is 0. The van der Waals surface area contributed by atoms with E-state index >= 15 is 0 Å². The SMILES string of the molecule is Cl.Nc1nc2c(Cc3ccccc3)c(N)[nH]c2c(=O)[nH]1. The van der Waals surface area contributed by atoms with Crippen LogP contribution in [0.2, 0.25) is 0 Å². The second-order valence-corrected chi connectivity index (χ2v) is 4.35. The van der Waals surface area contributed by atoms with Crippen LogP contribution in [0.1, 0.15) is 11.1 Å². The van der Waals surface area contributed by atoms with E-state index < -0.39 is 0 Å². The molecule has 0 atom stereocenters. The van der Waals surface area contributed by atoms with Gasteiger partial charge in [-0.1, -0.05) is 30.3 Å². The average molecular weight is 292 g/mol. The van der Waals surface area contributed by atoms with Gasteiger partial charge in [0.2, 0.25) is 5.95 Å². The molecule has 0 aliphatic rings. The summed E-state index contributed by atoms with van der Waals surface area (Å²) >= 11 is 0. The molecule has 2 aromatic heterocycles. The van der Waals surface area contributed by atoms with E-state index in [2.05, 4.69) is 15.0 Å². The minimum atomic E-state index is -0.312. The predicted molar refractivity (Wildman–Crippen MR) is 82.0 cm³/mol. The number of halogens is 1. The normalized spacial score (nSPS) is 10.4. The van der Waals surface area contributed by atoms with Crippen LogP contribution >= 0.6 is 12.4 Å². The van der Waals surface area contributed by atoms with Crippen LogP contribution in [-0.2, 0) is 6.42 Å². The van der Waals surface area contributed by atoms with Crippen LogP contribution in [0.4, 0.5) is 11.8 Å². The van der Waals surface area contributed by atoms with E-state index in [0.29, 0.717) is 23.3 Å². The zero-order valence-corrected chi connectivity index (χ0v) is 11.3. The summed E-state index contributed by atoms with van der Waals surface area (Å²) in [7, 11) is 0. The fraction of sp³-hybridized carbons (Fsp3) is 0.0769. The molecule has 7 heteroatoms. The molecule has 2 heterocycles. The van der Waals surface area contributed by atoms with Gasteiger partial charge in [0, 0.05) is 12.0 Å². The molecule has 0 bridgehead atoms. The summed E-state index contributed by atoms with van der Waals surface area (Å²) in [6.07, 6.45) is 0.600. The van der Waals surface area contributed by atoms with E-state index in [9.17, 15) is 4.79 Å². The third-order valence-corrected chi connectivity index (χ3v) is 3.03. The third-order valence-electron chi connectivity index (χ3n) is 3.03. The van der Waals surface area contributed by atoms with Crippen molar-refractivity contribution in [2.24, 2.45) is 0 Å². The molecule has 0 saturated carbocycles. The molecule has 104 valence electrons. The second-order valence-electron chi connectivity index (χ2n) is 4.35. The Kier molecular flexibility index (Phi) is 3.67. The van der Waals surface area contributed by atoms with Crippen LogP contribution in [0.5, 0.6) is 0 Å². The van der Waals surface area contributed by atoms with E-state index in [4.69, 9.17) is 11.5 Å². The van der Waals surface area contributed by atoms with Gasteiger partial charge in [0.15, 0.2) is 0 Å². The van der Waals surface area contributed by atoms with Crippen molar-refractivity contribution in [2.75, 3.05) is 11.5 Å². The Bertz CT molecular complexity index is 794. The number of rotatable bonds is 2. The third kappa shape index (κ3) is 2.33. The molecule has 0 spiro atoms. The van der Waals surface area contributed by atoms with E-state index in [1.807, 2.05) is 30.3 Å². The standard InChI is InChI=1S/C13H13N5O.ClH/c14-11-8(6-7-4-2-1-3-5-7)9-10(16-11)12(19)18-13(15)17-9;/h1-5,16H,6,14H2,(H3,15,17,18,19);1H. The number of hydrogen-bond acceptors (Lipinski definition) is 4. The molecule has 0 radical (unpaired) electrons. The lowest BCUT2D eigenvalue weighted by molar-refractivity contribution is 1.16. The molecule has 0 unspecified atom stereocenters. The molecule has 3 aromatic rings. The predicted octanol–water partition coefficient (Wildman–Crippen LogP) is 1.43. The Hall–Kier alpha value is -2.47. The van der Waals surface area contributed by atoms with Gasteiger partial charge in [-0.2, -0.15) is 0 Å². The Balaban J connectivity index is 0.00000147. The number of anilines is 2. The van der Waals surface area contributed by atoms with Crippen LogP contribution in [-0.4, -0.2) is 15.0 Å². The largest absolute Gasteiger partial charge is 0.385 e. The summed E-state index contributed by atoms with van der Waals surface area (Å²) in [5.74, 6) is 0.535. The number of fused-ring (bicyclic) bond motifs is 1. The molecule has 0 aliphatic carbocycles. The summed E-state index contributed by atoms with van der Waals surface area (Å²) < 4.78 is 0. The maximum atomic E-state index is 11.8. The van der Waals surface area contributed by atoms with Crippen molar-refractivity contribution in [3.63, 3.8) is 0 Å². The highest BCUT2D eigenvalue weighted by molar-refractivity contribution is 5.85. The van der Waals surface area contributed by atoms with Gasteiger partial charge >= 0.3 is 0 Å². The fourth-order valence-corrected chi connectivity index (χ4v) is 2.14. The van der Waals surface area contributed by atoms with Crippen molar-refractivity contribution in [3.05, 3.63) is 51.8 Å². The van der Waals surface area contributed by atoms with Crippen LogP contribution in [0, 0.1) is 0 Å². The summed E-state index contributed by atoms with van der Waals surface area (Å²) in [4.78, 5) is 21.2. The van der Waals surface area contributed by atoms with Crippen molar-refractivity contribution >= 4 is 35.2 Å². The number of nitrogen functional groups attached to an aromatic ring is 2. The number of aromatic nitrogens is 3. The van der Waals surface area contributed by atoms with Crippen LogP contribution < -0.4 is 17.0 Å². The number of aromatic amines is 2. The molecular formula is C13H14ClN5O. The lowest BCUT2D eigenvalue weighted by atomic mass is 10.1. The fourth-order valence-electron chi connectivity index (χ4n) is 2.14. The summed E-state index contributed by atoms with van der Waals surface area (Å²) in [6, 6.07) is 9.84. The van der Waals surface area contributed by atoms with Gasteiger partial charge in [-0.25, -0.2) is 4.98 Å². The van der Waals surface area contributed by atoms with E-state index in [0.717, 1.165) is 11.1 Å². The van der Waals surface area contributed by atoms with Crippen molar-refractivity contribution in [1.29, 1.82) is 0 Å². The summed E-state index contributed by atoms with van der Waals surface area (Å²) in [5.41, 5.74) is 14.0. The first kappa shape index (κ1) is 14.0. The van der Waals surface area contributed by atoms with Crippen molar-refractivity contribution in [3.8, 4) is 0 Å². The maximum Gasteiger partial charge on any atom is 0.276 e. The Morgan fingerprint density at radius 3 is 2.50 bits per heavy atom. The topological polar surface area (TPSA) is 114 Å². The molecule has 6 nitrogen and oxygen atoms in total. The molecular weight excluding hydrogens is 278 g/mol. The van der Waals surface area contributed by atoms with Gasteiger partial charge in [0.1, 0.15) is 16.9 Å². The van der Waals surface area contributed by atoms with Crippen LogP contribution in [0.25, 0.3) is 11.0 Å². The first-order valence-electron chi connectivity index (χ1n) is 5.85. The Labute approximate surface area is 120 Å². The Morgan fingerprint density at radius 2 is 1.80 bits per heavy atom. The number of nitrogens with one attached hydrogen (secondary N) is 2. The zero-order chi connectivity index (χ0) is 13.4. The first-order valence-corrected chi connectivity index (χ1v) is 5.85. The molecule has 3 rings (SSSR count). The highest BCUT2D eigenvalue weighted by Crippen LogP contribution is 2.23. The van der Waals surface area contributed by atoms with E-state index in [-0.39, 0.29) is 23.9 Å². The Morgan fingerprint density at radius 1 is 1.10 bits per heavy atom. The molecule has 0 aliphatic heterocycles. The highest BCUT2D eigenvalue weighted by Gasteiger charge is 2.14. The average Bonchev–Trinajstić information content (AvgIpc) is 2.69. The molecule has 0 amide bonds. The van der Waals surface area contributed by atoms with Crippen molar-refractivity contribution in [2.45, 2.75) is 6.42 Å². The minimum Gasteiger partial charge on any atom is -0.385 e. The maximum absolute atomic E-state index is 11.8. The second kappa shape index (κ2) is 5.26. The zero-order valence-electron chi connectivity index (χ0n) is 10.5. The van der Waals surface area contributed by atoms with E-state index in [1.54, 1.807) is 0 Å². The van der Waals surface area contributed by atoms with Crippen molar-refractivity contribution < 1.29 is 0 Å². The monoisotopic (exact) mass is 291 g/mol. The lowest BCUT2D eigenvalue weighted by Crippen LogP contribution is -2.11. The number of hydrogen-bond donors (Lipinski definition) is 4. The van der Waals surface area contributed by atoms with Crippen LogP contribution in [0.15, 0.2) is 35.1 Å². The van der Waals surface area contributed by atoms with Gasteiger partial charge < -0.3 is 16.5 Å². The number of nitrogens with two attached hydrogens (primary N) is 2. The summed E-state index contributed by atoms with van der Waals surface area (Å²) in [5, 5.41) is 0. The van der Waals surface area contributed by atoms with Crippen molar-refractivity contribution in [1.82, 2.24) is 15.0 Å². The summed E-state index contributed by atoms with van der Waals surface area (Å²) in [6.45, 7) is 0. The van der Waals surface area contributed by atoms with Gasteiger partial charge in [0.25, 0.3) is 5.56 Å². The first-order chi connectivity index (χ1) is 9.15. The van der Waals surface area contributed by atoms with Gasteiger partial charge in [-0.3, -0.25) is 9.78 Å². The lowest BCUT2D eigenvalue weighted by Gasteiger charge is -2.01. The van der Waals surface area contributed by atoms with Gasteiger partial charge in [0.05, 0.1) is 0 Å². The van der Waals surface area contributed by atoms with E-state index in [1.165, 1.54) is 0 Å². The molecule has 0 fully saturated rings. The number of nitrogens with zero attached hydrogens (tertiary/aromatic N) is 1. The van der Waals surface area contributed by atoms with Crippen LogP contribution in [0.3, 0.4) is 0 Å². The number of H-pyrrole nitrogens is 2. The molecule has 1 aromatic carbocycles. The quantitative estimate of drug-likeness (QED) is 0.572. The van der Waals surface area contributed by atoms with Gasteiger partial charge in [-0.05, 0) is 5.56 Å². The molecule has 0 saturated heterocycles.